The van der Waals surface area contributed by atoms with Gasteiger partial charge in [-0.15, -0.1) is 0 Å². The first kappa shape index (κ1) is 17.1. The van der Waals surface area contributed by atoms with Crippen LogP contribution in [0.1, 0.15) is 11.1 Å². The van der Waals surface area contributed by atoms with Gasteiger partial charge in [0.15, 0.2) is 6.73 Å². The largest absolute Gasteiger partial charge is 0.473 e. The van der Waals surface area contributed by atoms with Gasteiger partial charge in [0.05, 0.1) is 0 Å². The SMILES string of the molecule is Cc1ccc(OCNC(=O)N2CCN(c3ccccn3)CC2)cc1C. The first-order valence-electron chi connectivity index (χ1n) is 8.52. The van der Waals surface area contributed by atoms with Crippen LogP contribution >= 0.6 is 0 Å². The molecule has 0 unspecified atom stereocenters. The van der Waals surface area contributed by atoms with Crippen LogP contribution in [-0.4, -0.2) is 48.8 Å². The maximum Gasteiger partial charge on any atom is 0.320 e. The highest BCUT2D eigenvalue weighted by Crippen LogP contribution is 2.16. The Labute approximate surface area is 148 Å². The van der Waals surface area contributed by atoms with Gasteiger partial charge in [-0.2, -0.15) is 0 Å². The highest BCUT2D eigenvalue weighted by molar-refractivity contribution is 5.74. The number of piperazine rings is 1. The van der Waals surface area contributed by atoms with E-state index in [0.717, 1.165) is 24.7 Å². The molecule has 1 N–H and O–H groups in total. The predicted octanol–water partition coefficient (Wildman–Crippen LogP) is 2.57. The zero-order chi connectivity index (χ0) is 17.6. The first-order chi connectivity index (χ1) is 12.1. The molecule has 6 heteroatoms. The fraction of sp³-hybridized carbons (Fsp3) is 0.368. The van der Waals surface area contributed by atoms with Gasteiger partial charge in [0.25, 0.3) is 0 Å². The number of hydrogen-bond donors (Lipinski definition) is 1. The van der Waals surface area contributed by atoms with E-state index < -0.39 is 0 Å². The lowest BCUT2D eigenvalue weighted by Crippen LogP contribution is -2.52. The average Bonchev–Trinajstić information content (AvgIpc) is 2.65. The summed E-state index contributed by atoms with van der Waals surface area (Å²) in [5.41, 5.74) is 2.40. The molecule has 1 aliphatic heterocycles. The molecule has 25 heavy (non-hydrogen) atoms. The summed E-state index contributed by atoms with van der Waals surface area (Å²) in [6, 6.07) is 11.7. The number of anilines is 1. The van der Waals surface area contributed by atoms with Crippen LogP contribution in [-0.2, 0) is 0 Å². The third-order valence-corrected chi connectivity index (χ3v) is 4.48. The Kier molecular flexibility index (Phi) is 5.38. The number of nitrogens with one attached hydrogen (secondary N) is 1. The van der Waals surface area contributed by atoms with Gasteiger partial charge in [-0.1, -0.05) is 12.1 Å². The van der Waals surface area contributed by atoms with Crippen LogP contribution < -0.4 is 15.0 Å². The van der Waals surface area contributed by atoms with E-state index >= 15 is 0 Å². The van der Waals surface area contributed by atoms with E-state index in [1.807, 2.05) is 48.2 Å². The zero-order valence-electron chi connectivity index (χ0n) is 14.7. The van der Waals surface area contributed by atoms with Crippen LogP contribution in [0.2, 0.25) is 0 Å². The molecule has 0 saturated carbocycles. The van der Waals surface area contributed by atoms with Gasteiger partial charge >= 0.3 is 6.03 Å². The molecule has 0 atom stereocenters. The topological polar surface area (TPSA) is 57.7 Å². The van der Waals surface area contributed by atoms with Crippen molar-refractivity contribution in [3.05, 3.63) is 53.7 Å². The number of amides is 2. The number of benzene rings is 1. The average molecular weight is 340 g/mol. The molecule has 1 aliphatic rings. The smallest absolute Gasteiger partial charge is 0.320 e. The molecule has 1 fully saturated rings. The van der Waals surface area contributed by atoms with Gasteiger partial charge in [0.1, 0.15) is 11.6 Å². The summed E-state index contributed by atoms with van der Waals surface area (Å²) >= 11 is 0. The third kappa shape index (κ3) is 4.41. The van der Waals surface area contributed by atoms with E-state index in [0.29, 0.717) is 13.1 Å². The van der Waals surface area contributed by atoms with Crippen molar-refractivity contribution in [1.29, 1.82) is 0 Å². The van der Waals surface area contributed by atoms with E-state index in [2.05, 4.69) is 22.1 Å². The van der Waals surface area contributed by atoms with Crippen molar-refractivity contribution in [1.82, 2.24) is 15.2 Å². The number of urea groups is 1. The van der Waals surface area contributed by atoms with Crippen molar-refractivity contribution >= 4 is 11.8 Å². The number of ether oxygens (including phenoxy) is 1. The molecule has 0 bridgehead atoms. The van der Waals surface area contributed by atoms with Gasteiger partial charge < -0.3 is 19.9 Å². The number of nitrogens with zero attached hydrogens (tertiary/aromatic N) is 3. The quantitative estimate of drug-likeness (QED) is 0.869. The van der Waals surface area contributed by atoms with Crippen LogP contribution in [0, 0.1) is 13.8 Å². The summed E-state index contributed by atoms with van der Waals surface area (Å²) < 4.78 is 5.61. The summed E-state index contributed by atoms with van der Waals surface area (Å²) in [6.07, 6.45) is 1.79. The fourth-order valence-electron chi connectivity index (χ4n) is 2.78. The summed E-state index contributed by atoms with van der Waals surface area (Å²) in [7, 11) is 0. The lowest BCUT2D eigenvalue weighted by molar-refractivity contribution is 0.181. The first-order valence-corrected chi connectivity index (χ1v) is 8.52. The number of aromatic nitrogens is 1. The second-order valence-electron chi connectivity index (χ2n) is 6.18. The molecule has 1 saturated heterocycles. The maximum absolute atomic E-state index is 12.3. The second kappa shape index (κ2) is 7.88. The minimum atomic E-state index is -0.0931. The summed E-state index contributed by atoms with van der Waals surface area (Å²) in [5, 5.41) is 2.82. The Morgan fingerprint density at radius 1 is 1.12 bits per heavy atom. The Morgan fingerprint density at radius 2 is 1.92 bits per heavy atom. The number of rotatable bonds is 4. The minimum absolute atomic E-state index is 0.0931. The molecule has 0 radical (unpaired) electrons. The van der Waals surface area contributed by atoms with E-state index in [-0.39, 0.29) is 12.8 Å². The van der Waals surface area contributed by atoms with Crippen LogP contribution in [0.5, 0.6) is 5.75 Å². The van der Waals surface area contributed by atoms with Gasteiger partial charge in [0, 0.05) is 32.4 Å². The maximum atomic E-state index is 12.3. The molecule has 132 valence electrons. The van der Waals surface area contributed by atoms with Crippen molar-refractivity contribution in [2.75, 3.05) is 37.8 Å². The molecule has 1 aromatic carbocycles. The van der Waals surface area contributed by atoms with E-state index in [1.165, 1.54) is 11.1 Å². The van der Waals surface area contributed by atoms with Crippen molar-refractivity contribution in [2.45, 2.75) is 13.8 Å². The predicted molar refractivity (Wildman–Crippen MR) is 98.0 cm³/mol. The Bertz CT molecular complexity index is 713. The highest BCUT2D eigenvalue weighted by Gasteiger charge is 2.21. The molecule has 3 rings (SSSR count). The zero-order valence-corrected chi connectivity index (χ0v) is 14.7. The van der Waals surface area contributed by atoms with Crippen LogP contribution in [0.3, 0.4) is 0 Å². The Morgan fingerprint density at radius 3 is 2.60 bits per heavy atom. The van der Waals surface area contributed by atoms with Crippen LogP contribution in [0.15, 0.2) is 42.6 Å². The monoisotopic (exact) mass is 340 g/mol. The van der Waals surface area contributed by atoms with Crippen molar-refractivity contribution in [2.24, 2.45) is 0 Å². The number of pyridine rings is 1. The third-order valence-electron chi connectivity index (χ3n) is 4.48. The summed E-state index contributed by atoms with van der Waals surface area (Å²) in [4.78, 5) is 20.6. The number of aryl methyl sites for hydroxylation is 2. The van der Waals surface area contributed by atoms with Gasteiger partial charge in [-0.25, -0.2) is 9.78 Å². The standard InChI is InChI=1S/C19H24N4O2/c1-15-6-7-17(13-16(15)2)25-14-21-19(24)23-11-9-22(10-12-23)18-5-3-4-8-20-18/h3-8,13H,9-12,14H2,1-2H3,(H,21,24). The molecule has 2 heterocycles. The molecular formula is C19H24N4O2. The number of hydrogen-bond acceptors (Lipinski definition) is 4. The molecule has 2 amide bonds. The molecule has 0 spiro atoms. The summed E-state index contributed by atoms with van der Waals surface area (Å²) in [5.74, 6) is 1.73. The fourth-order valence-corrected chi connectivity index (χ4v) is 2.78. The lowest BCUT2D eigenvalue weighted by atomic mass is 10.1. The van der Waals surface area contributed by atoms with Crippen molar-refractivity contribution in [3.63, 3.8) is 0 Å². The molecule has 0 aliphatic carbocycles. The molecular weight excluding hydrogens is 316 g/mol. The number of carbonyl (C=O) groups is 1. The van der Waals surface area contributed by atoms with Crippen LogP contribution in [0.4, 0.5) is 10.6 Å². The molecule has 6 nitrogen and oxygen atoms in total. The van der Waals surface area contributed by atoms with E-state index in [9.17, 15) is 4.79 Å². The molecule has 2 aromatic rings. The van der Waals surface area contributed by atoms with Crippen LogP contribution in [0.25, 0.3) is 0 Å². The molecule has 1 aromatic heterocycles. The van der Waals surface area contributed by atoms with E-state index in [1.54, 1.807) is 6.20 Å². The van der Waals surface area contributed by atoms with Crippen molar-refractivity contribution < 1.29 is 9.53 Å². The normalized spacial score (nSPS) is 14.3. The van der Waals surface area contributed by atoms with Gasteiger partial charge in [-0.3, -0.25) is 0 Å². The minimum Gasteiger partial charge on any atom is -0.473 e. The highest BCUT2D eigenvalue weighted by atomic mass is 16.5. The Balaban J connectivity index is 1.43. The van der Waals surface area contributed by atoms with Crippen molar-refractivity contribution in [3.8, 4) is 5.75 Å². The van der Waals surface area contributed by atoms with E-state index in [4.69, 9.17) is 4.74 Å². The van der Waals surface area contributed by atoms with Gasteiger partial charge in [-0.05, 0) is 49.2 Å². The number of carbonyl (C=O) groups excluding carboxylic acids is 1. The lowest BCUT2D eigenvalue weighted by Gasteiger charge is -2.35. The summed E-state index contributed by atoms with van der Waals surface area (Å²) in [6.45, 7) is 7.18. The second-order valence-corrected chi connectivity index (χ2v) is 6.18. The van der Waals surface area contributed by atoms with Gasteiger partial charge in [0.2, 0.25) is 0 Å². The Hall–Kier alpha value is -2.76.